The van der Waals surface area contributed by atoms with Gasteiger partial charge < -0.3 is 5.32 Å². The van der Waals surface area contributed by atoms with E-state index in [0.717, 1.165) is 25.8 Å². The summed E-state index contributed by atoms with van der Waals surface area (Å²) in [6.45, 7) is 0.853. The Balaban J connectivity index is 2.26. The van der Waals surface area contributed by atoms with E-state index in [1.807, 2.05) is 6.21 Å². The molecule has 0 saturated carbocycles. The molecule has 0 aromatic carbocycles. The molecule has 0 aromatic rings. The summed E-state index contributed by atoms with van der Waals surface area (Å²) >= 11 is 0. The van der Waals surface area contributed by atoms with Crippen molar-refractivity contribution in [3.8, 4) is 0 Å². The fraction of sp³-hybridized carbons (Fsp3) is 0.667. The predicted molar refractivity (Wildman–Crippen MR) is 35.6 cm³/mol. The van der Waals surface area contributed by atoms with Crippen molar-refractivity contribution in [1.82, 2.24) is 5.32 Å². The van der Waals surface area contributed by atoms with Gasteiger partial charge >= 0.3 is 0 Å². The lowest BCUT2D eigenvalue weighted by molar-refractivity contribution is -0.110. The predicted octanol–water partition coefficient (Wildman–Crippen LogP) is -0.0344. The standard InChI is InChI=1S/C6H10N2O/c9-5-8-6-1-3-7-4-2-6/h3,5-6H,1-2,4H2,(H,8,9). The Morgan fingerprint density at radius 3 is 3.22 bits per heavy atom. The molecule has 3 nitrogen and oxygen atoms in total. The summed E-state index contributed by atoms with van der Waals surface area (Å²) in [6.07, 6.45) is 4.49. The molecule has 1 unspecified atom stereocenters. The second-order valence-corrected chi connectivity index (χ2v) is 2.09. The number of hydrogen-bond acceptors (Lipinski definition) is 2. The number of carbonyl (C=O) groups is 1. The third kappa shape index (κ3) is 1.83. The van der Waals surface area contributed by atoms with Crippen LogP contribution in [0.3, 0.4) is 0 Å². The van der Waals surface area contributed by atoms with Gasteiger partial charge in [0.25, 0.3) is 0 Å². The number of rotatable bonds is 2. The molecule has 0 saturated heterocycles. The maximum atomic E-state index is 9.92. The van der Waals surface area contributed by atoms with Crippen molar-refractivity contribution >= 4 is 12.6 Å². The van der Waals surface area contributed by atoms with Crippen molar-refractivity contribution in [3.63, 3.8) is 0 Å². The van der Waals surface area contributed by atoms with Crippen LogP contribution >= 0.6 is 0 Å². The molecule has 3 heteroatoms. The molecule has 1 heterocycles. The molecular weight excluding hydrogens is 116 g/mol. The zero-order chi connectivity index (χ0) is 6.53. The molecule has 50 valence electrons. The van der Waals surface area contributed by atoms with Crippen LogP contribution in [-0.4, -0.2) is 25.2 Å². The Morgan fingerprint density at radius 1 is 1.78 bits per heavy atom. The van der Waals surface area contributed by atoms with Crippen LogP contribution in [0.15, 0.2) is 4.99 Å². The first kappa shape index (κ1) is 6.26. The summed E-state index contributed by atoms with van der Waals surface area (Å²) in [7, 11) is 0. The van der Waals surface area contributed by atoms with Gasteiger partial charge in [-0.05, 0) is 6.42 Å². The van der Waals surface area contributed by atoms with Crippen LogP contribution in [0.2, 0.25) is 0 Å². The largest absolute Gasteiger partial charge is 0.356 e. The highest BCUT2D eigenvalue weighted by Crippen LogP contribution is 2.00. The Hall–Kier alpha value is -0.860. The summed E-state index contributed by atoms with van der Waals surface area (Å²) in [4.78, 5) is 13.9. The van der Waals surface area contributed by atoms with E-state index in [1.165, 1.54) is 0 Å². The molecule has 0 aliphatic carbocycles. The Morgan fingerprint density at radius 2 is 2.67 bits per heavy atom. The maximum Gasteiger partial charge on any atom is 0.207 e. The van der Waals surface area contributed by atoms with Crippen molar-refractivity contribution in [1.29, 1.82) is 0 Å². The van der Waals surface area contributed by atoms with Crippen LogP contribution in [0.25, 0.3) is 0 Å². The van der Waals surface area contributed by atoms with Crippen LogP contribution in [0.1, 0.15) is 12.8 Å². The molecule has 9 heavy (non-hydrogen) atoms. The smallest absolute Gasteiger partial charge is 0.207 e. The monoisotopic (exact) mass is 126 g/mol. The molecule has 1 N–H and O–H groups in total. The Labute approximate surface area is 54.2 Å². The van der Waals surface area contributed by atoms with E-state index < -0.39 is 0 Å². The van der Waals surface area contributed by atoms with Crippen LogP contribution in [0.5, 0.6) is 0 Å². The first-order chi connectivity index (χ1) is 4.43. The van der Waals surface area contributed by atoms with Crippen LogP contribution in [0, 0.1) is 0 Å². The Bertz CT molecular complexity index is 122. The van der Waals surface area contributed by atoms with Crippen molar-refractivity contribution in [2.75, 3.05) is 6.54 Å². The zero-order valence-corrected chi connectivity index (χ0v) is 5.21. The fourth-order valence-electron chi connectivity index (χ4n) is 0.889. The summed E-state index contributed by atoms with van der Waals surface area (Å²) < 4.78 is 0. The average molecular weight is 126 g/mol. The van der Waals surface area contributed by atoms with Gasteiger partial charge in [0.15, 0.2) is 0 Å². The molecule has 0 fully saturated rings. The first-order valence-corrected chi connectivity index (χ1v) is 3.11. The second-order valence-electron chi connectivity index (χ2n) is 2.09. The van der Waals surface area contributed by atoms with Gasteiger partial charge in [0, 0.05) is 25.2 Å². The fourth-order valence-corrected chi connectivity index (χ4v) is 0.889. The summed E-state index contributed by atoms with van der Waals surface area (Å²) in [5.41, 5.74) is 0. The molecule has 0 spiro atoms. The van der Waals surface area contributed by atoms with Crippen molar-refractivity contribution in [2.24, 2.45) is 4.99 Å². The highest BCUT2D eigenvalue weighted by atomic mass is 16.1. The molecule has 0 aromatic heterocycles. The summed E-state index contributed by atoms with van der Waals surface area (Å²) in [5, 5.41) is 2.71. The molecule has 1 rings (SSSR count). The highest BCUT2D eigenvalue weighted by molar-refractivity contribution is 5.60. The zero-order valence-electron chi connectivity index (χ0n) is 5.21. The Kier molecular flexibility index (Phi) is 2.24. The van der Waals surface area contributed by atoms with Gasteiger partial charge in [-0.2, -0.15) is 0 Å². The van der Waals surface area contributed by atoms with Gasteiger partial charge in [0.1, 0.15) is 0 Å². The number of carbonyl (C=O) groups excluding carboxylic acids is 1. The second kappa shape index (κ2) is 3.22. The third-order valence-corrected chi connectivity index (χ3v) is 1.43. The minimum absolute atomic E-state index is 0.333. The quantitative estimate of drug-likeness (QED) is 0.518. The van der Waals surface area contributed by atoms with Crippen molar-refractivity contribution in [2.45, 2.75) is 18.9 Å². The van der Waals surface area contributed by atoms with Crippen molar-refractivity contribution < 1.29 is 4.79 Å². The number of amides is 1. The lowest BCUT2D eigenvalue weighted by Gasteiger charge is -2.14. The van der Waals surface area contributed by atoms with E-state index in [9.17, 15) is 4.79 Å². The minimum Gasteiger partial charge on any atom is -0.356 e. The van der Waals surface area contributed by atoms with E-state index in [-0.39, 0.29) is 0 Å². The SMILES string of the molecule is O=CNC1CC=NCC1. The molecule has 1 atom stereocenters. The number of nitrogens with zero attached hydrogens (tertiary/aromatic N) is 1. The lowest BCUT2D eigenvalue weighted by Crippen LogP contribution is -2.30. The van der Waals surface area contributed by atoms with E-state index in [2.05, 4.69) is 10.3 Å². The van der Waals surface area contributed by atoms with E-state index in [0.29, 0.717) is 6.04 Å². The maximum absolute atomic E-state index is 9.92. The van der Waals surface area contributed by atoms with Crippen LogP contribution in [0.4, 0.5) is 0 Å². The molecular formula is C6H10N2O. The van der Waals surface area contributed by atoms with Gasteiger partial charge in [-0.1, -0.05) is 0 Å². The van der Waals surface area contributed by atoms with Crippen LogP contribution in [-0.2, 0) is 4.79 Å². The number of hydrogen-bond donors (Lipinski definition) is 1. The summed E-state index contributed by atoms with van der Waals surface area (Å²) in [5.74, 6) is 0. The topological polar surface area (TPSA) is 41.5 Å². The molecule has 1 aliphatic heterocycles. The normalized spacial score (nSPS) is 25.6. The van der Waals surface area contributed by atoms with Gasteiger partial charge in [-0.15, -0.1) is 0 Å². The van der Waals surface area contributed by atoms with E-state index >= 15 is 0 Å². The van der Waals surface area contributed by atoms with Gasteiger partial charge in [0.2, 0.25) is 6.41 Å². The molecule has 0 radical (unpaired) electrons. The number of nitrogens with one attached hydrogen (secondary N) is 1. The molecule has 0 bridgehead atoms. The van der Waals surface area contributed by atoms with Gasteiger partial charge in [-0.25, -0.2) is 0 Å². The molecule has 1 aliphatic rings. The van der Waals surface area contributed by atoms with Crippen molar-refractivity contribution in [3.05, 3.63) is 0 Å². The number of aliphatic imine (C=N–C) groups is 1. The van der Waals surface area contributed by atoms with E-state index in [4.69, 9.17) is 0 Å². The first-order valence-electron chi connectivity index (χ1n) is 3.11. The average Bonchev–Trinajstić information content (AvgIpc) is 1.91. The lowest BCUT2D eigenvalue weighted by atomic mass is 10.1. The van der Waals surface area contributed by atoms with E-state index in [1.54, 1.807) is 0 Å². The minimum atomic E-state index is 0.333. The highest BCUT2D eigenvalue weighted by Gasteiger charge is 2.07. The third-order valence-electron chi connectivity index (χ3n) is 1.43. The van der Waals surface area contributed by atoms with Gasteiger partial charge in [0.05, 0.1) is 0 Å². The van der Waals surface area contributed by atoms with Gasteiger partial charge in [-0.3, -0.25) is 9.79 Å². The molecule has 1 amide bonds. The van der Waals surface area contributed by atoms with Crippen LogP contribution < -0.4 is 5.32 Å². The summed E-state index contributed by atoms with van der Waals surface area (Å²) in [6, 6.07) is 0.333.